The van der Waals surface area contributed by atoms with E-state index in [-0.39, 0.29) is 18.6 Å². The number of alkyl halides is 3. The van der Waals surface area contributed by atoms with Gasteiger partial charge in [-0.2, -0.15) is 13.2 Å². The highest BCUT2D eigenvalue weighted by Crippen LogP contribution is 2.36. The van der Waals surface area contributed by atoms with Crippen LogP contribution in [0, 0.1) is 0 Å². The van der Waals surface area contributed by atoms with E-state index in [2.05, 4.69) is 15.3 Å². The fourth-order valence-electron chi connectivity index (χ4n) is 4.14. The standard InChI is InChI=1S/C19H29F3N4O4S/c1-2-29-18-17(24-10-11-25-18)13-5-7-14(8-6-13)30-12-16-15(4-3-9-23-16)26-31(27,28)19(20,21)22/h10-11,13-16,23,26H,2-9,12H2,1H3/t13?,14?,15-,16-/m0/s1. The van der Waals surface area contributed by atoms with Crippen molar-refractivity contribution in [3.63, 3.8) is 0 Å². The number of piperidine rings is 1. The molecule has 3 rings (SSSR count). The molecule has 0 aromatic carbocycles. The Bertz CT molecular complexity index is 817. The molecule has 2 aliphatic rings. The molecule has 1 saturated carbocycles. The highest BCUT2D eigenvalue weighted by Gasteiger charge is 2.47. The van der Waals surface area contributed by atoms with E-state index < -0.39 is 27.6 Å². The summed E-state index contributed by atoms with van der Waals surface area (Å²) in [5, 5.41) is 3.08. The molecule has 0 amide bonds. The number of nitrogens with zero attached hydrogens (tertiary/aromatic N) is 2. The lowest BCUT2D eigenvalue weighted by Gasteiger charge is -2.35. The van der Waals surface area contributed by atoms with Gasteiger partial charge in [0, 0.05) is 30.4 Å². The van der Waals surface area contributed by atoms with Crippen molar-refractivity contribution in [3.05, 3.63) is 18.1 Å². The van der Waals surface area contributed by atoms with Crippen LogP contribution in [0.15, 0.2) is 12.4 Å². The minimum atomic E-state index is -5.39. The second kappa shape index (κ2) is 10.4. The van der Waals surface area contributed by atoms with E-state index in [1.807, 2.05) is 6.92 Å². The van der Waals surface area contributed by atoms with E-state index in [1.165, 1.54) is 0 Å². The molecule has 1 aliphatic carbocycles. The van der Waals surface area contributed by atoms with Gasteiger partial charge in [-0.3, -0.25) is 4.98 Å². The SMILES string of the molecule is CCOc1nccnc1C1CCC(OC[C@@H]2NCCC[C@@H]2NS(=O)(=O)C(F)(F)F)CC1. The van der Waals surface area contributed by atoms with Gasteiger partial charge in [0.1, 0.15) is 5.69 Å². The molecule has 2 heterocycles. The maximum absolute atomic E-state index is 12.7. The Morgan fingerprint density at radius 2 is 1.87 bits per heavy atom. The molecule has 0 unspecified atom stereocenters. The lowest BCUT2D eigenvalue weighted by molar-refractivity contribution is -0.0457. The van der Waals surface area contributed by atoms with Crippen LogP contribution >= 0.6 is 0 Å². The summed E-state index contributed by atoms with van der Waals surface area (Å²) in [6.07, 6.45) is 7.37. The number of nitrogens with one attached hydrogen (secondary N) is 2. The zero-order chi connectivity index (χ0) is 22.5. The van der Waals surface area contributed by atoms with Gasteiger partial charge in [0.05, 0.1) is 19.3 Å². The fraction of sp³-hybridized carbons (Fsp3) is 0.789. The van der Waals surface area contributed by atoms with Crippen LogP contribution < -0.4 is 14.8 Å². The molecule has 176 valence electrons. The maximum atomic E-state index is 12.7. The minimum absolute atomic E-state index is 0.0351. The van der Waals surface area contributed by atoms with Gasteiger partial charge >= 0.3 is 15.5 Å². The summed E-state index contributed by atoms with van der Waals surface area (Å²) in [6, 6.07) is -1.36. The molecule has 12 heteroatoms. The summed E-state index contributed by atoms with van der Waals surface area (Å²) in [7, 11) is -5.39. The summed E-state index contributed by atoms with van der Waals surface area (Å²) >= 11 is 0. The van der Waals surface area contributed by atoms with Crippen molar-refractivity contribution in [2.75, 3.05) is 19.8 Å². The fourth-order valence-corrected chi connectivity index (χ4v) is 4.96. The molecule has 1 aliphatic heterocycles. The zero-order valence-corrected chi connectivity index (χ0v) is 18.2. The molecule has 2 atom stereocenters. The molecule has 0 spiro atoms. The Labute approximate surface area is 180 Å². The Kier molecular flexibility index (Phi) is 8.11. The van der Waals surface area contributed by atoms with E-state index in [0.717, 1.165) is 31.4 Å². The summed E-state index contributed by atoms with van der Waals surface area (Å²) < 4.78 is 74.5. The first kappa shape index (κ1) is 24.1. The third-order valence-corrected chi connectivity index (χ3v) is 6.96. The van der Waals surface area contributed by atoms with Gasteiger partial charge in [0.15, 0.2) is 0 Å². The van der Waals surface area contributed by atoms with Crippen molar-refractivity contribution >= 4 is 10.0 Å². The van der Waals surface area contributed by atoms with Crippen LogP contribution in [0.2, 0.25) is 0 Å². The molecular weight excluding hydrogens is 437 g/mol. The smallest absolute Gasteiger partial charge is 0.477 e. The van der Waals surface area contributed by atoms with Gasteiger partial charge < -0.3 is 14.8 Å². The van der Waals surface area contributed by atoms with Crippen LogP contribution in [0.4, 0.5) is 13.2 Å². The van der Waals surface area contributed by atoms with E-state index in [9.17, 15) is 21.6 Å². The van der Waals surface area contributed by atoms with E-state index in [0.29, 0.717) is 31.9 Å². The monoisotopic (exact) mass is 466 g/mol. The second-order valence-corrected chi connectivity index (χ2v) is 9.57. The number of aromatic nitrogens is 2. The minimum Gasteiger partial charge on any atom is -0.477 e. The van der Waals surface area contributed by atoms with E-state index in [1.54, 1.807) is 17.1 Å². The van der Waals surface area contributed by atoms with Crippen molar-refractivity contribution in [2.45, 2.75) is 75.1 Å². The Morgan fingerprint density at radius 3 is 2.55 bits per heavy atom. The summed E-state index contributed by atoms with van der Waals surface area (Å²) in [5.74, 6) is 0.773. The lowest BCUT2D eigenvalue weighted by Crippen LogP contribution is -2.57. The van der Waals surface area contributed by atoms with Gasteiger partial charge in [-0.05, 0) is 52.0 Å². The molecule has 0 radical (unpaired) electrons. The van der Waals surface area contributed by atoms with Crippen molar-refractivity contribution in [2.24, 2.45) is 0 Å². The Hall–Kier alpha value is -1.50. The molecule has 31 heavy (non-hydrogen) atoms. The highest BCUT2D eigenvalue weighted by atomic mass is 32.2. The molecule has 1 aromatic rings. The predicted octanol–water partition coefficient (Wildman–Crippen LogP) is 2.48. The van der Waals surface area contributed by atoms with Gasteiger partial charge in [-0.15, -0.1) is 0 Å². The van der Waals surface area contributed by atoms with Crippen molar-refractivity contribution in [1.29, 1.82) is 0 Å². The molecule has 2 N–H and O–H groups in total. The molecule has 2 fully saturated rings. The molecule has 1 aromatic heterocycles. The second-order valence-electron chi connectivity index (χ2n) is 7.86. The number of rotatable bonds is 8. The van der Waals surface area contributed by atoms with Gasteiger partial charge in [-0.1, -0.05) is 0 Å². The number of sulfonamides is 1. The first-order valence-electron chi connectivity index (χ1n) is 10.6. The average Bonchev–Trinajstić information content (AvgIpc) is 2.73. The topological polar surface area (TPSA) is 102 Å². The van der Waals surface area contributed by atoms with Crippen molar-refractivity contribution in [3.8, 4) is 5.88 Å². The highest BCUT2D eigenvalue weighted by molar-refractivity contribution is 7.90. The quantitative estimate of drug-likeness (QED) is 0.607. The van der Waals surface area contributed by atoms with E-state index in [4.69, 9.17) is 9.47 Å². The first-order chi connectivity index (χ1) is 14.7. The predicted molar refractivity (Wildman–Crippen MR) is 107 cm³/mol. The first-order valence-corrected chi connectivity index (χ1v) is 12.1. The maximum Gasteiger partial charge on any atom is 0.511 e. The summed E-state index contributed by atoms with van der Waals surface area (Å²) in [4.78, 5) is 8.69. The third-order valence-electron chi connectivity index (χ3n) is 5.74. The van der Waals surface area contributed by atoms with Crippen LogP contribution in [0.3, 0.4) is 0 Å². The van der Waals surface area contributed by atoms with Crippen LogP contribution in [0.5, 0.6) is 5.88 Å². The third kappa shape index (κ3) is 6.27. The largest absolute Gasteiger partial charge is 0.511 e. The van der Waals surface area contributed by atoms with E-state index >= 15 is 0 Å². The summed E-state index contributed by atoms with van der Waals surface area (Å²) in [5.41, 5.74) is -4.48. The molecule has 1 saturated heterocycles. The number of hydrogen-bond donors (Lipinski definition) is 2. The Balaban J connectivity index is 1.51. The van der Waals surface area contributed by atoms with Gasteiger partial charge in [0.2, 0.25) is 5.88 Å². The number of hydrogen-bond acceptors (Lipinski definition) is 7. The number of halogens is 3. The lowest BCUT2D eigenvalue weighted by atomic mass is 9.85. The van der Waals surface area contributed by atoms with Crippen molar-refractivity contribution < 1.29 is 31.1 Å². The normalized spacial score (nSPS) is 27.7. The van der Waals surface area contributed by atoms with Crippen LogP contribution in [-0.4, -0.2) is 61.8 Å². The van der Waals surface area contributed by atoms with Crippen LogP contribution in [-0.2, 0) is 14.8 Å². The molecule has 8 nitrogen and oxygen atoms in total. The van der Waals surface area contributed by atoms with Gasteiger partial charge in [0.25, 0.3) is 0 Å². The molecular formula is C19H29F3N4O4S. The Morgan fingerprint density at radius 1 is 1.16 bits per heavy atom. The number of ether oxygens (including phenoxy) is 2. The molecule has 0 bridgehead atoms. The van der Waals surface area contributed by atoms with Crippen LogP contribution in [0.25, 0.3) is 0 Å². The van der Waals surface area contributed by atoms with Crippen molar-refractivity contribution in [1.82, 2.24) is 20.0 Å². The zero-order valence-electron chi connectivity index (χ0n) is 17.4. The van der Waals surface area contributed by atoms with Gasteiger partial charge in [-0.25, -0.2) is 18.1 Å². The summed E-state index contributed by atoms with van der Waals surface area (Å²) in [6.45, 7) is 3.16. The van der Waals surface area contributed by atoms with Crippen LogP contribution in [0.1, 0.15) is 57.1 Å². The average molecular weight is 467 g/mol.